The first-order chi connectivity index (χ1) is 16.6. The number of amides is 1. The van der Waals surface area contributed by atoms with E-state index in [0.717, 1.165) is 85.6 Å². The maximum absolute atomic E-state index is 13.3. The molecule has 2 N–H and O–H groups in total. The van der Waals surface area contributed by atoms with Gasteiger partial charge in [0.1, 0.15) is 18.1 Å². The second kappa shape index (κ2) is 10.0. The summed E-state index contributed by atoms with van der Waals surface area (Å²) in [6.07, 6.45) is 2.95. The van der Waals surface area contributed by atoms with Crippen LogP contribution in [0.3, 0.4) is 0 Å². The van der Waals surface area contributed by atoms with E-state index in [4.69, 9.17) is 9.47 Å². The lowest BCUT2D eigenvalue weighted by atomic mass is 10.1. The summed E-state index contributed by atoms with van der Waals surface area (Å²) >= 11 is 0. The summed E-state index contributed by atoms with van der Waals surface area (Å²) in [4.78, 5) is 17.5. The summed E-state index contributed by atoms with van der Waals surface area (Å²) in [5.41, 5.74) is 4.21. The van der Waals surface area contributed by atoms with Crippen molar-refractivity contribution in [1.29, 1.82) is 0 Å². The number of aryl methyl sites for hydroxylation is 1. The van der Waals surface area contributed by atoms with Gasteiger partial charge >= 0.3 is 0 Å². The molecule has 180 valence electrons. The maximum Gasteiger partial charge on any atom is 0.258 e. The number of hydrogen-bond acceptors (Lipinski definition) is 6. The van der Waals surface area contributed by atoms with Gasteiger partial charge in [0.15, 0.2) is 0 Å². The number of unbranched alkanes of at least 4 members (excludes halogenated alkanes) is 1. The number of hydrogen-bond donors (Lipinski definition) is 2. The largest absolute Gasteiger partial charge is 0.507 e. The van der Waals surface area contributed by atoms with Gasteiger partial charge in [0.05, 0.1) is 30.0 Å². The highest BCUT2D eigenvalue weighted by Crippen LogP contribution is 2.32. The van der Waals surface area contributed by atoms with Crippen molar-refractivity contribution in [2.24, 2.45) is 0 Å². The zero-order valence-corrected chi connectivity index (χ0v) is 19.7. The molecule has 0 radical (unpaired) electrons. The van der Waals surface area contributed by atoms with Crippen molar-refractivity contribution in [3.05, 3.63) is 52.7 Å². The predicted molar refractivity (Wildman–Crippen MR) is 129 cm³/mol. The van der Waals surface area contributed by atoms with E-state index in [1.165, 1.54) is 0 Å². The number of aromatic nitrogens is 2. The van der Waals surface area contributed by atoms with E-state index in [9.17, 15) is 9.90 Å². The summed E-state index contributed by atoms with van der Waals surface area (Å²) in [7, 11) is 0. The molecule has 1 amide bonds. The Morgan fingerprint density at radius 1 is 1.18 bits per heavy atom. The van der Waals surface area contributed by atoms with Crippen LogP contribution in [0.2, 0.25) is 0 Å². The number of fused-ring (bicyclic) bond motifs is 2. The third kappa shape index (κ3) is 4.74. The summed E-state index contributed by atoms with van der Waals surface area (Å²) in [5, 5.41) is 18.8. The number of phenols is 1. The Hall–Kier alpha value is -3.10. The van der Waals surface area contributed by atoms with Crippen LogP contribution in [0.5, 0.6) is 11.5 Å². The van der Waals surface area contributed by atoms with Gasteiger partial charge < -0.3 is 19.5 Å². The van der Waals surface area contributed by atoms with Crippen molar-refractivity contribution in [1.82, 2.24) is 20.0 Å². The molecule has 0 spiro atoms. The topological polar surface area (TPSA) is 90.9 Å². The van der Waals surface area contributed by atoms with Crippen LogP contribution in [-0.2, 0) is 24.2 Å². The van der Waals surface area contributed by atoms with E-state index in [-0.39, 0.29) is 11.7 Å². The average Bonchev–Trinajstić information content (AvgIpc) is 3.45. The molecule has 0 bridgehead atoms. The second-order valence-corrected chi connectivity index (χ2v) is 9.08. The van der Waals surface area contributed by atoms with Gasteiger partial charge in [0.2, 0.25) is 0 Å². The van der Waals surface area contributed by atoms with Crippen molar-refractivity contribution < 1.29 is 19.4 Å². The lowest BCUT2D eigenvalue weighted by Gasteiger charge is -2.26. The highest BCUT2D eigenvalue weighted by Gasteiger charge is 2.27. The normalized spacial score (nSPS) is 16.2. The van der Waals surface area contributed by atoms with Crippen molar-refractivity contribution in [2.45, 2.75) is 39.3 Å². The lowest BCUT2D eigenvalue weighted by molar-refractivity contribution is 0.0322. The molecule has 1 aromatic heterocycles. The van der Waals surface area contributed by atoms with Gasteiger partial charge in [-0.05, 0) is 42.2 Å². The van der Waals surface area contributed by atoms with Gasteiger partial charge in [-0.3, -0.25) is 14.8 Å². The third-order valence-corrected chi connectivity index (χ3v) is 6.72. The molecule has 5 rings (SSSR count). The van der Waals surface area contributed by atoms with Crippen LogP contribution in [-0.4, -0.2) is 70.5 Å². The van der Waals surface area contributed by atoms with Crippen molar-refractivity contribution in [3.63, 3.8) is 0 Å². The molecular weight excluding hydrogens is 432 g/mol. The highest BCUT2D eigenvalue weighted by atomic mass is 16.5. The summed E-state index contributed by atoms with van der Waals surface area (Å²) < 4.78 is 11.4. The maximum atomic E-state index is 13.3. The zero-order chi connectivity index (χ0) is 23.5. The predicted octanol–water partition coefficient (Wildman–Crippen LogP) is 3.48. The number of rotatable bonds is 8. The van der Waals surface area contributed by atoms with Crippen molar-refractivity contribution in [2.75, 3.05) is 39.5 Å². The molecule has 8 heteroatoms. The molecule has 2 aliphatic rings. The lowest BCUT2D eigenvalue weighted by Crippen LogP contribution is -2.38. The van der Waals surface area contributed by atoms with E-state index in [1.54, 1.807) is 17.0 Å². The number of nitrogens with one attached hydrogen (secondary N) is 1. The van der Waals surface area contributed by atoms with Gasteiger partial charge in [-0.1, -0.05) is 19.4 Å². The smallest absolute Gasteiger partial charge is 0.258 e. The van der Waals surface area contributed by atoms with E-state index in [1.807, 2.05) is 18.2 Å². The number of phenolic OH excluding ortho intramolecular Hbond substituents is 1. The van der Waals surface area contributed by atoms with Gasteiger partial charge in [0.25, 0.3) is 5.91 Å². The van der Waals surface area contributed by atoms with Crippen LogP contribution in [0.15, 0.2) is 30.3 Å². The fourth-order valence-electron chi connectivity index (χ4n) is 4.71. The third-order valence-electron chi connectivity index (χ3n) is 6.72. The SMILES string of the molecule is CCCCc1n[nH]c2cc(O)c(C(=O)N3Cc4ccc(OCCN5CCOCC5)cc4C3)cc12. The first kappa shape index (κ1) is 22.7. The van der Waals surface area contributed by atoms with Crippen molar-refractivity contribution in [3.8, 4) is 11.5 Å². The first-order valence-electron chi connectivity index (χ1n) is 12.2. The standard InChI is InChI=1S/C26H32N4O4/c1-2-3-4-23-21-14-22(25(31)15-24(21)28-27-23)26(32)30-16-18-5-6-20(13-19(18)17-30)34-12-9-29-7-10-33-11-8-29/h5-6,13-15,31H,2-4,7-12,16-17H2,1H3,(H,27,28). The van der Waals surface area contributed by atoms with E-state index < -0.39 is 0 Å². The number of ether oxygens (including phenoxy) is 2. The molecule has 3 heterocycles. The fraction of sp³-hybridized carbons (Fsp3) is 0.462. The summed E-state index contributed by atoms with van der Waals surface area (Å²) in [6.45, 7) is 8.12. The minimum absolute atomic E-state index is 0.0220. The summed E-state index contributed by atoms with van der Waals surface area (Å²) in [5.74, 6) is 0.629. The molecule has 0 saturated carbocycles. The van der Waals surface area contributed by atoms with Crippen LogP contribution >= 0.6 is 0 Å². The minimum Gasteiger partial charge on any atom is -0.507 e. The van der Waals surface area contributed by atoms with Crippen molar-refractivity contribution >= 4 is 16.8 Å². The number of nitrogens with zero attached hydrogens (tertiary/aromatic N) is 3. The van der Waals surface area contributed by atoms with Crippen LogP contribution in [0, 0.1) is 0 Å². The van der Waals surface area contributed by atoms with Gasteiger partial charge in [-0.15, -0.1) is 0 Å². The Morgan fingerprint density at radius 2 is 2.00 bits per heavy atom. The Balaban J connectivity index is 1.25. The monoisotopic (exact) mass is 464 g/mol. The highest BCUT2D eigenvalue weighted by molar-refractivity contribution is 6.01. The molecular formula is C26H32N4O4. The number of aromatic hydroxyl groups is 1. The number of benzene rings is 2. The fourth-order valence-corrected chi connectivity index (χ4v) is 4.71. The molecule has 2 aliphatic heterocycles. The Bertz CT molecular complexity index is 1170. The Kier molecular flexibility index (Phi) is 6.69. The van der Waals surface area contributed by atoms with Crippen LogP contribution in [0.4, 0.5) is 0 Å². The molecule has 0 aliphatic carbocycles. The zero-order valence-electron chi connectivity index (χ0n) is 19.7. The molecule has 1 saturated heterocycles. The minimum atomic E-state index is -0.173. The number of morpholine rings is 1. The Labute approximate surface area is 199 Å². The average molecular weight is 465 g/mol. The molecule has 34 heavy (non-hydrogen) atoms. The van der Waals surface area contributed by atoms with Crippen LogP contribution in [0.25, 0.3) is 10.9 Å². The molecule has 2 aromatic carbocycles. The van der Waals surface area contributed by atoms with Gasteiger partial charge in [-0.2, -0.15) is 5.10 Å². The first-order valence-corrected chi connectivity index (χ1v) is 12.2. The van der Waals surface area contributed by atoms with Crippen LogP contribution in [0.1, 0.15) is 46.9 Å². The van der Waals surface area contributed by atoms with Gasteiger partial charge in [-0.25, -0.2) is 0 Å². The van der Waals surface area contributed by atoms with Gasteiger partial charge in [0, 0.05) is 44.2 Å². The molecule has 8 nitrogen and oxygen atoms in total. The molecule has 1 fully saturated rings. The molecule has 0 unspecified atom stereocenters. The number of aromatic amines is 1. The number of carbonyl (C=O) groups excluding carboxylic acids is 1. The Morgan fingerprint density at radius 3 is 2.82 bits per heavy atom. The van der Waals surface area contributed by atoms with Crippen LogP contribution < -0.4 is 4.74 Å². The van der Waals surface area contributed by atoms with E-state index >= 15 is 0 Å². The summed E-state index contributed by atoms with van der Waals surface area (Å²) in [6, 6.07) is 9.43. The number of H-pyrrole nitrogens is 1. The molecule has 0 atom stereocenters. The molecule has 3 aromatic rings. The number of carbonyl (C=O) groups is 1. The quantitative estimate of drug-likeness (QED) is 0.531. The van der Waals surface area contributed by atoms with E-state index in [0.29, 0.717) is 25.3 Å². The second-order valence-electron chi connectivity index (χ2n) is 9.08. The van der Waals surface area contributed by atoms with E-state index in [2.05, 4.69) is 22.0 Å².